The number of aromatic nitrogens is 1. The van der Waals surface area contributed by atoms with Gasteiger partial charge in [0.15, 0.2) is 17.2 Å². The van der Waals surface area contributed by atoms with Crippen LogP contribution < -0.4 is 10.0 Å². The van der Waals surface area contributed by atoms with Crippen LogP contribution in [0.3, 0.4) is 0 Å². The minimum absolute atomic E-state index is 0.0101. The van der Waals surface area contributed by atoms with Gasteiger partial charge in [-0.3, -0.25) is 4.79 Å². The first kappa shape index (κ1) is 23.1. The number of hydrogen-bond acceptors (Lipinski definition) is 8. The van der Waals surface area contributed by atoms with E-state index < -0.39 is 27.1 Å². The van der Waals surface area contributed by atoms with Crippen molar-refractivity contribution in [3.8, 4) is 0 Å². The van der Waals surface area contributed by atoms with Gasteiger partial charge in [0.25, 0.3) is 15.9 Å². The molecule has 0 radical (unpaired) electrons. The number of hydrogen-bond donors (Lipinski definition) is 2. The number of nitrogens with one attached hydrogen (secondary N) is 2. The van der Waals surface area contributed by atoms with Crippen LogP contribution in [0.1, 0.15) is 55.0 Å². The highest BCUT2D eigenvalue weighted by molar-refractivity contribution is 7.89. The molecule has 2 amide bonds. The minimum atomic E-state index is -4.28. The molecule has 0 spiro atoms. The predicted molar refractivity (Wildman–Crippen MR) is 118 cm³/mol. The van der Waals surface area contributed by atoms with E-state index in [9.17, 15) is 18.0 Å². The van der Waals surface area contributed by atoms with Crippen LogP contribution in [0, 0.1) is 0 Å². The van der Waals surface area contributed by atoms with Crippen molar-refractivity contribution in [3.05, 3.63) is 47.0 Å². The van der Waals surface area contributed by atoms with Gasteiger partial charge < -0.3 is 18.9 Å². The number of oxazole rings is 1. The number of amides is 2. The van der Waals surface area contributed by atoms with Crippen LogP contribution in [-0.2, 0) is 14.8 Å². The zero-order valence-electron chi connectivity index (χ0n) is 17.7. The molecule has 2 aromatic heterocycles. The van der Waals surface area contributed by atoms with Crippen molar-refractivity contribution in [1.29, 1.82) is 0 Å². The molecule has 3 aromatic rings. The fourth-order valence-electron chi connectivity index (χ4n) is 3.74. The van der Waals surface area contributed by atoms with Crippen molar-refractivity contribution in [1.82, 2.24) is 15.0 Å². The van der Waals surface area contributed by atoms with Gasteiger partial charge in [0.2, 0.25) is 5.09 Å². The summed E-state index contributed by atoms with van der Waals surface area (Å²) in [4.78, 5) is 28.4. The van der Waals surface area contributed by atoms with Crippen LogP contribution in [0.25, 0.3) is 11.1 Å². The monoisotopic (exact) mass is 495 g/mol. The van der Waals surface area contributed by atoms with Crippen molar-refractivity contribution >= 4 is 44.7 Å². The van der Waals surface area contributed by atoms with E-state index in [-0.39, 0.29) is 24.3 Å². The van der Waals surface area contributed by atoms with Gasteiger partial charge in [-0.1, -0.05) is 11.6 Å². The Kier molecular flexibility index (Phi) is 6.61. The highest BCUT2D eigenvalue weighted by Crippen LogP contribution is 2.34. The average molecular weight is 496 g/mol. The lowest BCUT2D eigenvalue weighted by Gasteiger charge is -2.27. The van der Waals surface area contributed by atoms with Gasteiger partial charge in [-0.15, -0.1) is 0 Å². The van der Waals surface area contributed by atoms with E-state index in [1.54, 1.807) is 22.9 Å². The van der Waals surface area contributed by atoms with Crippen LogP contribution >= 0.6 is 11.6 Å². The number of furan rings is 1. The summed E-state index contributed by atoms with van der Waals surface area (Å²) < 4.78 is 41.5. The zero-order valence-corrected chi connectivity index (χ0v) is 19.2. The summed E-state index contributed by atoms with van der Waals surface area (Å²) in [5.41, 5.74) is 1.40. The highest BCUT2D eigenvalue weighted by atomic mass is 35.5. The smallest absolute Gasteiger partial charge is 0.421 e. The first-order chi connectivity index (χ1) is 15.7. The van der Waals surface area contributed by atoms with Crippen LogP contribution in [0.5, 0.6) is 0 Å². The molecular weight excluding hydrogens is 474 g/mol. The molecule has 0 saturated heterocycles. The molecule has 0 unspecified atom stereocenters. The Morgan fingerprint density at radius 2 is 1.91 bits per heavy atom. The van der Waals surface area contributed by atoms with Crippen molar-refractivity contribution in [2.75, 3.05) is 6.61 Å². The number of benzene rings is 1. The number of fused-ring (bicyclic) bond motifs is 1. The second-order valence-electron chi connectivity index (χ2n) is 7.63. The van der Waals surface area contributed by atoms with Crippen molar-refractivity contribution in [2.24, 2.45) is 0 Å². The number of halogens is 1. The maximum absolute atomic E-state index is 12.5. The summed E-state index contributed by atoms with van der Waals surface area (Å²) in [5.74, 6) is 0.0930. The van der Waals surface area contributed by atoms with Gasteiger partial charge in [-0.25, -0.2) is 14.5 Å². The summed E-state index contributed by atoms with van der Waals surface area (Å²) in [5, 5.41) is 2.90. The van der Waals surface area contributed by atoms with Gasteiger partial charge in [0, 0.05) is 17.0 Å². The molecule has 0 atom stereocenters. The molecule has 176 valence electrons. The largest absolute Gasteiger partial charge is 0.449 e. The van der Waals surface area contributed by atoms with Gasteiger partial charge in [-0.05, 0) is 62.9 Å². The summed E-state index contributed by atoms with van der Waals surface area (Å²) in [7, 11) is -4.28. The third-order valence-corrected chi connectivity index (χ3v) is 6.76. The van der Waals surface area contributed by atoms with Gasteiger partial charge >= 0.3 is 6.09 Å². The number of nitrogens with zero attached hydrogens (tertiary/aromatic N) is 1. The maximum Gasteiger partial charge on any atom is 0.421 e. The molecule has 1 aromatic carbocycles. The molecule has 1 saturated carbocycles. The third-order valence-electron chi connectivity index (χ3n) is 5.34. The fourth-order valence-corrected chi connectivity index (χ4v) is 4.73. The molecule has 1 aliphatic carbocycles. The van der Waals surface area contributed by atoms with E-state index in [2.05, 4.69) is 15.0 Å². The van der Waals surface area contributed by atoms with Crippen LogP contribution in [0.15, 0.2) is 44.3 Å². The predicted octanol–water partition coefficient (Wildman–Crippen LogP) is 3.97. The molecule has 4 rings (SSSR count). The van der Waals surface area contributed by atoms with Crippen molar-refractivity contribution in [3.63, 3.8) is 0 Å². The Bertz CT molecular complexity index is 1280. The molecule has 2 heterocycles. The molecule has 12 heteroatoms. The summed E-state index contributed by atoms with van der Waals surface area (Å²) in [6.07, 6.45) is 1.82. The normalized spacial score (nSPS) is 18.7. The number of carbonyl (C=O) groups excluding carboxylic acids is 2. The number of rotatable bonds is 6. The average Bonchev–Trinajstić information content (AvgIpc) is 3.42. The number of ether oxygens (including phenoxy) is 1. The van der Waals surface area contributed by atoms with E-state index in [1.807, 2.05) is 0 Å². The van der Waals surface area contributed by atoms with E-state index >= 15 is 0 Å². The van der Waals surface area contributed by atoms with Gasteiger partial charge in [-0.2, -0.15) is 8.42 Å². The Morgan fingerprint density at radius 3 is 2.64 bits per heavy atom. The summed E-state index contributed by atoms with van der Waals surface area (Å²) in [6.45, 7) is 1.55. The lowest BCUT2D eigenvalue weighted by Crippen LogP contribution is -2.37. The molecule has 1 aliphatic rings. The van der Waals surface area contributed by atoms with E-state index in [4.69, 9.17) is 20.4 Å². The zero-order chi connectivity index (χ0) is 23.6. The van der Waals surface area contributed by atoms with Gasteiger partial charge in [0.1, 0.15) is 5.52 Å². The fraction of sp³-hybridized carbons (Fsp3) is 0.381. The topological polar surface area (TPSA) is 141 Å². The lowest BCUT2D eigenvalue weighted by molar-refractivity contribution is 0.0891. The van der Waals surface area contributed by atoms with E-state index in [1.165, 1.54) is 13.0 Å². The van der Waals surface area contributed by atoms with Gasteiger partial charge in [0.05, 0.1) is 6.61 Å². The summed E-state index contributed by atoms with van der Waals surface area (Å²) in [6, 6.07) is 7.55. The highest BCUT2D eigenvalue weighted by Gasteiger charge is 2.29. The third kappa shape index (κ3) is 5.31. The molecule has 0 aliphatic heterocycles. The molecule has 33 heavy (non-hydrogen) atoms. The standard InChI is InChI=1S/C21H22ClN3O7S/c1-2-30-21(27)25-33(28,29)18-10-9-17(31-18)19(26)23-14-6-3-12(4-7-14)20-24-15-11-13(22)5-8-16(15)32-20/h5,8-12,14H,2-4,6-7H2,1H3,(H,23,26)(H,25,27). The number of sulfonamides is 1. The molecular formula is C21H22ClN3O7S. The molecule has 0 bridgehead atoms. The minimum Gasteiger partial charge on any atom is -0.449 e. The van der Waals surface area contributed by atoms with Crippen molar-refractivity contribution in [2.45, 2.75) is 49.7 Å². The second-order valence-corrected chi connectivity index (χ2v) is 9.68. The Balaban J connectivity index is 1.33. The lowest BCUT2D eigenvalue weighted by atomic mass is 9.86. The molecule has 2 N–H and O–H groups in total. The Hall–Kier alpha value is -3.05. The number of carbonyl (C=O) groups is 2. The second kappa shape index (κ2) is 9.44. The van der Waals surface area contributed by atoms with E-state index in [0.717, 1.165) is 18.9 Å². The summed E-state index contributed by atoms with van der Waals surface area (Å²) >= 11 is 6.01. The SMILES string of the molecule is CCOC(=O)NS(=O)(=O)c1ccc(C(=O)NC2CCC(c3nc4cc(Cl)ccc4o3)CC2)o1. The van der Waals surface area contributed by atoms with Crippen LogP contribution in [0.4, 0.5) is 4.79 Å². The van der Waals surface area contributed by atoms with Crippen LogP contribution in [-0.4, -0.2) is 38.1 Å². The first-order valence-corrected chi connectivity index (χ1v) is 12.3. The quantitative estimate of drug-likeness (QED) is 0.523. The maximum atomic E-state index is 12.5. The first-order valence-electron chi connectivity index (χ1n) is 10.4. The Labute approximate surface area is 194 Å². The van der Waals surface area contributed by atoms with E-state index in [0.29, 0.717) is 34.9 Å². The Morgan fingerprint density at radius 1 is 1.15 bits per heavy atom. The van der Waals surface area contributed by atoms with Crippen LogP contribution in [0.2, 0.25) is 5.02 Å². The van der Waals surface area contributed by atoms with Crippen molar-refractivity contribution < 1.29 is 31.6 Å². The molecule has 1 fully saturated rings. The molecule has 10 nitrogen and oxygen atoms in total.